The molecular weight excluding hydrogens is 245 g/mol. The van der Waals surface area contributed by atoms with Gasteiger partial charge in [0.1, 0.15) is 5.52 Å². The van der Waals surface area contributed by atoms with Crippen LogP contribution >= 0.6 is 0 Å². The van der Waals surface area contributed by atoms with Crippen LogP contribution in [0.3, 0.4) is 0 Å². The highest BCUT2D eigenvalue weighted by Crippen LogP contribution is 2.17. The monoisotopic (exact) mass is 258 g/mol. The third-order valence-corrected chi connectivity index (χ3v) is 2.47. The van der Waals surface area contributed by atoms with Gasteiger partial charge in [-0.3, -0.25) is 0 Å². The second kappa shape index (κ2) is 4.97. The number of alkyl halides is 3. The molecule has 2 rings (SSSR count). The molecule has 18 heavy (non-hydrogen) atoms. The maximum Gasteiger partial charge on any atom is 0.401 e. The largest absolute Gasteiger partial charge is 0.441 e. The fraction of sp³-hybridized carbons (Fsp3) is 0.417. The van der Waals surface area contributed by atoms with E-state index in [-0.39, 0.29) is 6.54 Å². The zero-order valence-corrected chi connectivity index (χ0v) is 9.84. The van der Waals surface area contributed by atoms with Gasteiger partial charge in [-0.25, -0.2) is 4.98 Å². The molecule has 1 aromatic heterocycles. The minimum absolute atomic E-state index is 0.280. The molecule has 0 aliphatic carbocycles. The summed E-state index contributed by atoms with van der Waals surface area (Å²) in [6.07, 6.45) is -3.63. The Labute approximate surface area is 102 Å². The van der Waals surface area contributed by atoms with Crippen LogP contribution in [0.5, 0.6) is 0 Å². The first-order chi connectivity index (χ1) is 8.44. The van der Waals surface area contributed by atoms with Gasteiger partial charge in [-0.05, 0) is 30.7 Å². The smallest absolute Gasteiger partial charge is 0.401 e. The zero-order chi connectivity index (χ0) is 13.2. The van der Waals surface area contributed by atoms with Crippen molar-refractivity contribution in [1.82, 2.24) is 10.3 Å². The molecule has 0 bridgehead atoms. The number of aryl methyl sites for hydroxylation is 1. The minimum atomic E-state index is -4.16. The molecule has 3 nitrogen and oxygen atoms in total. The van der Waals surface area contributed by atoms with Crippen LogP contribution in [0.1, 0.15) is 11.5 Å². The molecule has 6 heteroatoms. The molecule has 1 heterocycles. The van der Waals surface area contributed by atoms with Crippen LogP contribution in [-0.2, 0) is 6.42 Å². The van der Waals surface area contributed by atoms with Crippen molar-refractivity contribution < 1.29 is 17.6 Å². The lowest BCUT2D eigenvalue weighted by molar-refractivity contribution is -0.124. The lowest BCUT2D eigenvalue weighted by Crippen LogP contribution is -2.30. The first kappa shape index (κ1) is 12.9. The van der Waals surface area contributed by atoms with Crippen molar-refractivity contribution in [3.8, 4) is 0 Å². The Kier molecular flexibility index (Phi) is 3.56. The van der Waals surface area contributed by atoms with E-state index in [9.17, 15) is 13.2 Å². The zero-order valence-electron chi connectivity index (χ0n) is 9.84. The second-order valence-electron chi connectivity index (χ2n) is 4.08. The lowest BCUT2D eigenvalue weighted by atomic mass is 10.1. The molecule has 0 aliphatic rings. The Morgan fingerprint density at radius 2 is 2.11 bits per heavy atom. The number of nitrogens with one attached hydrogen (secondary N) is 1. The van der Waals surface area contributed by atoms with Gasteiger partial charge in [0.25, 0.3) is 0 Å². The van der Waals surface area contributed by atoms with E-state index < -0.39 is 12.7 Å². The highest BCUT2D eigenvalue weighted by molar-refractivity contribution is 5.73. The Hall–Kier alpha value is -1.56. The van der Waals surface area contributed by atoms with Crippen LogP contribution in [0, 0.1) is 6.92 Å². The fourth-order valence-corrected chi connectivity index (χ4v) is 1.71. The maximum atomic E-state index is 11.9. The topological polar surface area (TPSA) is 38.1 Å². The summed E-state index contributed by atoms with van der Waals surface area (Å²) < 4.78 is 41.0. The van der Waals surface area contributed by atoms with Crippen molar-refractivity contribution in [3.05, 3.63) is 29.7 Å². The van der Waals surface area contributed by atoms with E-state index in [1.807, 2.05) is 12.1 Å². The highest BCUT2D eigenvalue weighted by Gasteiger charge is 2.25. The first-order valence-corrected chi connectivity index (χ1v) is 5.57. The van der Waals surface area contributed by atoms with Crippen LogP contribution in [0.4, 0.5) is 13.2 Å². The van der Waals surface area contributed by atoms with E-state index in [4.69, 9.17) is 4.42 Å². The van der Waals surface area contributed by atoms with E-state index in [2.05, 4.69) is 10.3 Å². The number of nitrogens with zero attached hydrogens (tertiary/aromatic N) is 1. The van der Waals surface area contributed by atoms with Crippen LogP contribution in [0.15, 0.2) is 22.6 Å². The van der Waals surface area contributed by atoms with E-state index in [0.29, 0.717) is 17.9 Å². The Morgan fingerprint density at radius 1 is 1.33 bits per heavy atom. The van der Waals surface area contributed by atoms with E-state index in [1.54, 1.807) is 13.0 Å². The quantitative estimate of drug-likeness (QED) is 0.857. The van der Waals surface area contributed by atoms with Crippen molar-refractivity contribution in [2.75, 3.05) is 13.1 Å². The van der Waals surface area contributed by atoms with Crippen LogP contribution in [0.25, 0.3) is 11.1 Å². The normalized spacial score (nSPS) is 12.2. The van der Waals surface area contributed by atoms with Gasteiger partial charge in [-0.15, -0.1) is 0 Å². The number of halogens is 3. The van der Waals surface area contributed by atoms with Gasteiger partial charge < -0.3 is 9.73 Å². The summed E-state index contributed by atoms with van der Waals surface area (Å²) in [6, 6.07) is 5.46. The number of rotatable bonds is 4. The summed E-state index contributed by atoms with van der Waals surface area (Å²) in [7, 11) is 0. The fourth-order valence-electron chi connectivity index (χ4n) is 1.71. The molecule has 0 saturated heterocycles. The molecule has 2 aromatic rings. The van der Waals surface area contributed by atoms with Crippen molar-refractivity contribution in [3.63, 3.8) is 0 Å². The van der Waals surface area contributed by atoms with E-state index in [1.165, 1.54) is 0 Å². The van der Waals surface area contributed by atoms with E-state index >= 15 is 0 Å². The number of benzene rings is 1. The third-order valence-electron chi connectivity index (χ3n) is 2.47. The van der Waals surface area contributed by atoms with Crippen LogP contribution in [-0.4, -0.2) is 24.2 Å². The minimum Gasteiger partial charge on any atom is -0.441 e. The maximum absolute atomic E-state index is 11.9. The molecule has 0 unspecified atom stereocenters. The molecule has 0 saturated carbocycles. The molecule has 0 amide bonds. The van der Waals surface area contributed by atoms with Crippen molar-refractivity contribution >= 4 is 11.1 Å². The van der Waals surface area contributed by atoms with E-state index in [0.717, 1.165) is 11.1 Å². The summed E-state index contributed by atoms with van der Waals surface area (Å²) >= 11 is 0. The average molecular weight is 258 g/mol. The van der Waals surface area contributed by atoms with Gasteiger partial charge in [0, 0.05) is 6.92 Å². The predicted molar refractivity (Wildman–Crippen MR) is 61.4 cm³/mol. The van der Waals surface area contributed by atoms with Crippen molar-refractivity contribution in [2.45, 2.75) is 19.5 Å². The van der Waals surface area contributed by atoms with Gasteiger partial charge in [0.15, 0.2) is 11.5 Å². The molecule has 0 fully saturated rings. The first-order valence-electron chi connectivity index (χ1n) is 5.57. The van der Waals surface area contributed by atoms with Crippen molar-refractivity contribution in [1.29, 1.82) is 0 Å². The second-order valence-corrected chi connectivity index (χ2v) is 4.08. The molecule has 0 radical (unpaired) electrons. The Balaban J connectivity index is 1.91. The van der Waals surface area contributed by atoms with Gasteiger partial charge >= 0.3 is 6.18 Å². The number of fused-ring (bicyclic) bond motifs is 1. The van der Waals surface area contributed by atoms with Gasteiger partial charge in [-0.1, -0.05) is 6.07 Å². The third kappa shape index (κ3) is 3.46. The molecular formula is C12H13F3N2O. The summed E-state index contributed by atoms with van der Waals surface area (Å²) in [4.78, 5) is 4.17. The number of hydrogen-bond donors (Lipinski definition) is 1. The predicted octanol–water partition coefficient (Wildman–Crippen LogP) is 2.83. The number of hydrogen-bond acceptors (Lipinski definition) is 3. The van der Waals surface area contributed by atoms with Crippen molar-refractivity contribution in [2.24, 2.45) is 0 Å². The van der Waals surface area contributed by atoms with Gasteiger partial charge in [-0.2, -0.15) is 13.2 Å². The average Bonchev–Trinajstić information content (AvgIpc) is 2.62. The van der Waals surface area contributed by atoms with Gasteiger partial charge in [0.05, 0.1) is 6.54 Å². The summed E-state index contributed by atoms with van der Waals surface area (Å²) in [5.41, 5.74) is 2.37. The number of oxazole rings is 1. The molecule has 1 N–H and O–H groups in total. The SMILES string of the molecule is Cc1nc2cc(CCNCC(F)(F)F)ccc2o1. The summed E-state index contributed by atoms with van der Waals surface area (Å²) in [6.45, 7) is 1.07. The molecule has 0 aliphatic heterocycles. The standard InChI is InChI=1S/C12H13F3N2O/c1-8-17-10-6-9(2-3-11(10)18-8)4-5-16-7-12(13,14)15/h2-3,6,16H,4-5,7H2,1H3. The number of aromatic nitrogens is 1. The lowest BCUT2D eigenvalue weighted by Gasteiger charge is -2.07. The highest BCUT2D eigenvalue weighted by atomic mass is 19.4. The summed E-state index contributed by atoms with van der Waals surface area (Å²) in [5, 5.41) is 2.36. The summed E-state index contributed by atoms with van der Waals surface area (Å²) in [5.74, 6) is 0.581. The molecule has 1 aromatic carbocycles. The Bertz CT molecular complexity index is 534. The Morgan fingerprint density at radius 3 is 2.83 bits per heavy atom. The van der Waals surface area contributed by atoms with Gasteiger partial charge in [0.2, 0.25) is 0 Å². The molecule has 98 valence electrons. The van der Waals surface area contributed by atoms with Crippen LogP contribution in [0.2, 0.25) is 0 Å². The van der Waals surface area contributed by atoms with Crippen LogP contribution < -0.4 is 5.32 Å². The molecule has 0 spiro atoms. The molecule has 0 atom stereocenters.